The van der Waals surface area contributed by atoms with E-state index in [2.05, 4.69) is 20.8 Å². The molecule has 24 heavy (non-hydrogen) atoms. The molecule has 1 amide bonds. The molecule has 0 aliphatic carbocycles. The van der Waals surface area contributed by atoms with E-state index in [0.717, 1.165) is 5.69 Å². The minimum Gasteiger partial charge on any atom is -0.324 e. The molecule has 122 valence electrons. The first-order valence-corrected chi connectivity index (χ1v) is 8.59. The van der Waals surface area contributed by atoms with Crippen LogP contribution in [-0.2, 0) is 4.79 Å². The van der Waals surface area contributed by atoms with E-state index in [9.17, 15) is 4.79 Å². The van der Waals surface area contributed by atoms with Gasteiger partial charge in [0, 0.05) is 5.02 Å². The van der Waals surface area contributed by atoms with E-state index in [0.29, 0.717) is 20.9 Å². The Balaban J connectivity index is 1.65. The Labute approximate surface area is 152 Å². The summed E-state index contributed by atoms with van der Waals surface area (Å²) in [6.45, 7) is 0. The van der Waals surface area contributed by atoms with Gasteiger partial charge in [-0.3, -0.25) is 4.79 Å². The van der Waals surface area contributed by atoms with Gasteiger partial charge in [-0.1, -0.05) is 53.2 Å². The third-order valence-corrected chi connectivity index (χ3v) is 4.46. The highest BCUT2D eigenvalue weighted by atomic mass is 35.5. The first-order valence-electron chi connectivity index (χ1n) is 6.85. The minimum absolute atomic E-state index is 0.135. The Morgan fingerprint density at radius 3 is 2.75 bits per heavy atom. The molecule has 0 aliphatic rings. The largest absolute Gasteiger partial charge is 0.324 e. The summed E-state index contributed by atoms with van der Waals surface area (Å²) < 4.78 is 1.57. The summed E-state index contributed by atoms with van der Waals surface area (Å²) in [6.07, 6.45) is 0. The fourth-order valence-corrected chi connectivity index (χ4v) is 2.94. The number of benzene rings is 2. The number of hydrogen-bond acceptors (Lipinski definition) is 5. The molecule has 0 unspecified atom stereocenters. The quantitative estimate of drug-likeness (QED) is 0.684. The highest BCUT2D eigenvalue weighted by Crippen LogP contribution is 2.26. The van der Waals surface area contributed by atoms with Crippen molar-refractivity contribution in [2.45, 2.75) is 5.16 Å². The van der Waals surface area contributed by atoms with Gasteiger partial charge in [0.1, 0.15) is 0 Å². The SMILES string of the molecule is O=C(CSc1nnnn1-c1ccccc1)Nc1cc(Cl)ccc1Cl. The van der Waals surface area contributed by atoms with Crippen LogP contribution >= 0.6 is 35.0 Å². The van der Waals surface area contributed by atoms with E-state index < -0.39 is 0 Å². The summed E-state index contributed by atoms with van der Waals surface area (Å²) in [7, 11) is 0. The molecular weight excluding hydrogens is 369 g/mol. The van der Waals surface area contributed by atoms with Crippen LogP contribution in [0.15, 0.2) is 53.7 Å². The Morgan fingerprint density at radius 2 is 1.96 bits per heavy atom. The zero-order valence-corrected chi connectivity index (χ0v) is 14.5. The van der Waals surface area contributed by atoms with E-state index in [1.807, 2.05) is 30.3 Å². The fourth-order valence-electron chi connectivity index (χ4n) is 1.91. The van der Waals surface area contributed by atoms with Crippen LogP contribution < -0.4 is 5.32 Å². The molecule has 1 aromatic heterocycles. The summed E-state index contributed by atoms with van der Waals surface area (Å²) in [4.78, 5) is 12.1. The number of rotatable bonds is 5. The minimum atomic E-state index is -0.230. The van der Waals surface area contributed by atoms with Gasteiger partial charge < -0.3 is 5.32 Å². The van der Waals surface area contributed by atoms with E-state index in [1.165, 1.54) is 11.8 Å². The van der Waals surface area contributed by atoms with Crippen LogP contribution in [0.1, 0.15) is 0 Å². The van der Waals surface area contributed by atoms with Crippen LogP contribution in [0.25, 0.3) is 5.69 Å². The van der Waals surface area contributed by atoms with Gasteiger partial charge in [0.25, 0.3) is 0 Å². The van der Waals surface area contributed by atoms with Crippen molar-refractivity contribution >= 4 is 46.6 Å². The summed E-state index contributed by atoms with van der Waals surface area (Å²) in [5.74, 6) is -0.0949. The lowest BCUT2D eigenvalue weighted by Crippen LogP contribution is -2.15. The van der Waals surface area contributed by atoms with Gasteiger partial charge >= 0.3 is 0 Å². The second kappa shape index (κ2) is 7.65. The Bertz CT molecular complexity index is 856. The zero-order chi connectivity index (χ0) is 16.9. The van der Waals surface area contributed by atoms with Gasteiger partial charge in [-0.25, -0.2) is 0 Å². The lowest BCUT2D eigenvalue weighted by Gasteiger charge is -2.07. The van der Waals surface area contributed by atoms with Crippen LogP contribution in [0.4, 0.5) is 5.69 Å². The van der Waals surface area contributed by atoms with Gasteiger partial charge in [0.05, 0.1) is 22.2 Å². The van der Waals surface area contributed by atoms with Crippen LogP contribution in [-0.4, -0.2) is 31.9 Å². The van der Waals surface area contributed by atoms with E-state index in [-0.39, 0.29) is 11.7 Å². The number of tetrazole rings is 1. The molecule has 0 aliphatic heterocycles. The highest BCUT2D eigenvalue weighted by Gasteiger charge is 2.12. The van der Waals surface area contributed by atoms with Crippen molar-refractivity contribution in [3.05, 3.63) is 58.6 Å². The summed E-state index contributed by atoms with van der Waals surface area (Å²) in [6, 6.07) is 14.3. The topological polar surface area (TPSA) is 72.7 Å². The van der Waals surface area contributed by atoms with Crippen molar-refractivity contribution in [2.75, 3.05) is 11.1 Å². The summed E-state index contributed by atoms with van der Waals surface area (Å²) in [5, 5.41) is 15.7. The average molecular weight is 380 g/mol. The number of para-hydroxylation sites is 1. The Hall–Kier alpha value is -2.09. The first-order chi connectivity index (χ1) is 11.6. The molecule has 0 saturated heterocycles. The number of carbonyl (C=O) groups is 1. The molecule has 6 nitrogen and oxygen atoms in total. The van der Waals surface area contributed by atoms with Crippen molar-refractivity contribution in [3.63, 3.8) is 0 Å². The fraction of sp³-hybridized carbons (Fsp3) is 0.0667. The standard InChI is InChI=1S/C15H11Cl2N5OS/c16-10-6-7-12(17)13(8-10)18-14(23)9-24-15-19-20-21-22(15)11-4-2-1-3-5-11/h1-8H,9H2,(H,18,23). The predicted molar refractivity (Wildman–Crippen MR) is 95.0 cm³/mol. The molecule has 0 bridgehead atoms. The van der Waals surface area contributed by atoms with Crippen molar-refractivity contribution in [2.24, 2.45) is 0 Å². The molecule has 0 atom stereocenters. The maximum atomic E-state index is 12.1. The molecule has 9 heteroatoms. The smallest absolute Gasteiger partial charge is 0.234 e. The van der Waals surface area contributed by atoms with E-state index in [1.54, 1.807) is 22.9 Å². The lowest BCUT2D eigenvalue weighted by atomic mass is 10.3. The third-order valence-electron chi connectivity index (χ3n) is 2.98. The van der Waals surface area contributed by atoms with Gasteiger partial charge in [0.2, 0.25) is 11.1 Å². The number of aromatic nitrogens is 4. The van der Waals surface area contributed by atoms with Crippen LogP contribution in [0.3, 0.4) is 0 Å². The molecule has 0 spiro atoms. The third kappa shape index (κ3) is 4.05. The molecule has 0 saturated carbocycles. The lowest BCUT2D eigenvalue weighted by molar-refractivity contribution is -0.113. The number of halogens is 2. The predicted octanol–water partition coefficient (Wildman–Crippen LogP) is 3.70. The Kier molecular flexibility index (Phi) is 5.34. The molecule has 2 aromatic carbocycles. The number of carbonyl (C=O) groups excluding carboxylic acids is 1. The summed E-state index contributed by atoms with van der Waals surface area (Å²) >= 11 is 13.2. The first kappa shape index (κ1) is 16.8. The number of amides is 1. The van der Waals surface area contributed by atoms with Gasteiger partial charge in [-0.2, -0.15) is 4.68 Å². The average Bonchev–Trinajstić information content (AvgIpc) is 3.06. The van der Waals surface area contributed by atoms with Crippen molar-refractivity contribution < 1.29 is 4.79 Å². The van der Waals surface area contributed by atoms with E-state index >= 15 is 0 Å². The molecule has 3 aromatic rings. The molecular formula is C15H11Cl2N5OS. The molecule has 1 N–H and O–H groups in total. The Morgan fingerprint density at radius 1 is 1.17 bits per heavy atom. The molecule has 3 rings (SSSR count). The number of nitrogens with one attached hydrogen (secondary N) is 1. The van der Waals surface area contributed by atoms with Gasteiger partial charge in [-0.15, -0.1) is 5.10 Å². The number of thioether (sulfide) groups is 1. The van der Waals surface area contributed by atoms with Crippen molar-refractivity contribution in [3.8, 4) is 5.69 Å². The second-order valence-electron chi connectivity index (χ2n) is 4.67. The van der Waals surface area contributed by atoms with Crippen molar-refractivity contribution in [1.82, 2.24) is 20.2 Å². The normalized spacial score (nSPS) is 10.6. The highest BCUT2D eigenvalue weighted by molar-refractivity contribution is 7.99. The van der Waals surface area contributed by atoms with Crippen LogP contribution in [0.2, 0.25) is 10.0 Å². The zero-order valence-electron chi connectivity index (χ0n) is 12.2. The maximum absolute atomic E-state index is 12.1. The number of nitrogens with zero attached hydrogens (tertiary/aromatic N) is 4. The molecule has 0 fully saturated rings. The van der Waals surface area contributed by atoms with Gasteiger partial charge in [-0.05, 0) is 40.8 Å². The summed E-state index contributed by atoms with van der Waals surface area (Å²) in [5.41, 5.74) is 1.29. The molecule has 1 heterocycles. The van der Waals surface area contributed by atoms with Crippen LogP contribution in [0.5, 0.6) is 0 Å². The molecule has 0 radical (unpaired) electrons. The van der Waals surface area contributed by atoms with Crippen molar-refractivity contribution in [1.29, 1.82) is 0 Å². The number of hydrogen-bond donors (Lipinski definition) is 1. The van der Waals surface area contributed by atoms with E-state index in [4.69, 9.17) is 23.2 Å². The van der Waals surface area contributed by atoms with Gasteiger partial charge in [0.15, 0.2) is 0 Å². The second-order valence-corrected chi connectivity index (χ2v) is 6.46. The monoisotopic (exact) mass is 379 g/mol. The van der Waals surface area contributed by atoms with Crippen LogP contribution in [0, 0.1) is 0 Å². The maximum Gasteiger partial charge on any atom is 0.234 e. The number of anilines is 1.